The van der Waals surface area contributed by atoms with E-state index in [1.54, 1.807) is 0 Å². The van der Waals surface area contributed by atoms with Gasteiger partial charge in [0.05, 0.1) is 5.52 Å². The van der Waals surface area contributed by atoms with Crippen molar-refractivity contribution in [2.24, 2.45) is 0 Å². The number of nitrogens with zero attached hydrogens (tertiary/aromatic N) is 1. The van der Waals surface area contributed by atoms with Crippen molar-refractivity contribution < 1.29 is 46.2 Å². The maximum absolute atomic E-state index is 4.18. The van der Waals surface area contributed by atoms with Crippen LogP contribution in [0.4, 0.5) is 0 Å². The van der Waals surface area contributed by atoms with Crippen LogP contribution < -0.4 is 12.4 Å². The van der Waals surface area contributed by atoms with E-state index < -0.39 is 0 Å². The second-order valence-electron chi connectivity index (χ2n) is 2.20. The van der Waals surface area contributed by atoms with Crippen molar-refractivity contribution in [3.63, 3.8) is 0 Å². The topological polar surface area (TPSA) is 98.4 Å². The zero-order valence-electron chi connectivity index (χ0n) is 7.50. The van der Waals surface area contributed by atoms with E-state index in [4.69, 9.17) is 0 Å². The number of benzene rings is 1. The minimum absolute atomic E-state index is 0. The largest absolute Gasteiger partial charge is 2.00 e. The minimum atomic E-state index is 0. The van der Waals surface area contributed by atoms with Crippen LogP contribution in [-0.2, 0) is 33.8 Å². The maximum Gasteiger partial charge on any atom is 0.0701 e. The molecule has 0 aliphatic carbocycles. The van der Waals surface area contributed by atoms with Crippen molar-refractivity contribution in [1.29, 1.82) is 0 Å². The van der Waals surface area contributed by atoms with Gasteiger partial charge in [0, 0.05) is 28.9 Å². The Balaban J connectivity index is -0.000000121. The van der Waals surface area contributed by atoms with Crippen LogP contribution in [0.2, 0.25) is 0 Å². The molecule has 2 aromatic rings. The second-order valence-corrected chi connectivity index (χ2v) is 2.20. The molecule has 0 aliphatic heterocycles. The first-order valence-corrected chi connectivity index (χ1v) is 3.26. The van der Waals surface area contributed by atoms with Crippen molar-refractivity contribution in [3.8, 4) is 0 Å². The fourth-order valence-electron chi connectivity index (χ4n) is 1.02. The van der Waals surface area contributed by atoms with Crippen molar-refractivity contribution >= 4 is 10.9 Å². The summed E-state index contributed by atoms with van der Waals surface area (Å²) in [5.74, 6) is 0. The molecule has 0 spiro atoms. The summed E-state index contributed by atoms with van der Waals surface area (Å²) in [6.07, 6.45) is 1.81. The average molecular weight is 265 g/mol. The number of rotatable bonds is 0. The Morgan fingerprint density at radius 2 is 1.33 bits per heavy atom. The first-order chi connectivity index (χ1) is 4.97. The molecule has 0 amide bonds. The number of pyridine rings is 1. The van der Waals surface area contributed by atoms with Gasteiger partial charge in [-0.15, -0.1) is 0 Å². The molecule has 0 fully saturated rings. The molecule has 4 nitrogen and oxygen atoms in total. The predicted molar refractivity (Wildman–Crippen MR) is 43.8 cm³/mol. The number of aromatic nitrogens is 1. The zero-order chi connectivity index (χ0) is 6.81. The molecule has 0 unspecified atom stereocenters. The van der Waals surface area contributed by atoms with Crippen LogP contribution in [0, 0.1) is 0 Å². The van der Waals surface area contributed by atoms with Gasteiger partial charge >= 0.3 is 0 Å². The molecule has 0 aliphatic rings. The molecule has 6 heteroatoms. The van der Waals surface area contributed by atoms with Gasteiger partial charge in [-0.1, -0.05) is 24.3 Å². The van der Waals surface area contributed by atoms with Crippen LogP contribution >= 0.6 is 0 Å². The molecule has 0 atom stereocenters. The summed E-state index contributed by atoms with van der Waals surface area (Å²) in [4.78, 5) is 4.18. The Morgan fingerprint density at radius 3 is 1.93 bits per heavy atom. The van der Waals surface area contributed by atoms with E-state index >= 15 is 0 Å². The summed E-state index contributed by atoms with van der Waals surface area (Å²) >= 11 is 0. The van der Waals surface area contributed by atoms with Gasteiger partial charge in [0.15, 0.2) is 0 Å². The van der Waals surface area contributed by atoms with Crippen molar-refractivity contribution in [2.45, 2.75) is 0 Å². The molecule has 1 aromatic heterocycles. The monoisotopic (exact) mass is 264 g/mol. The third kappa shape index (κ3) is 5.70. The average Bonchev–Trinajstić information content (AvgIpc) is 2.05. The van der Waals surface area contributed by atoms with Gasteiger partial charge in [-0.2, -0.15) is 0 Å². The smallest absolute Gasteiger partial charge is 0.0701 e. The predicted octanol–water partition coefficient (Wildman–Crippen LogP) is -1.12. The number of hydrogen-bond acceptors (Lipinski definition) is 1. The van der Waals surface area contributed by atoms with Gasteiger partial charge in [-0.3, -0.25) is 4.98 Å². The standard InChI is InChI=1S/C9H7N.ClH.Cr.3O/c1-2-6-9-8(4-1)5-3-7-10-9;;;;;/h1-7H;1H;;;;/q;;;3*-2/p-1. The first kappa shape index (κ1) is 23.9. The quantitative estimate of drug-likeness (QED) is 0.592. The van der Waals surface area contributed by atoms with Crippen LogP contribution in [0.3, 0.4) is 0 Å². The second kappa shape index (κ2) is 11.4. The summed E-state index contributed by atoms with van der Waals surface area (Å²) in [5, 5.41) is 1.20. The van der Waals surface area contributed by atoms with Gasteiger partial charge in [0.2, 0.25) is 0 Å². The Kier molecular flexibility index (Phi) is 18.1. The Bertz CT molecular complexity index is 296. The fraction of sp³-hybridized carbons (Fsp3) is 0. The molecule has 0 saturated heterocycles. The molecule has 1 aromatic carbocycles. The molecule has 0 radical (unpaired) electrons. The van der Waals surface area contributed by atoms with Gasteiger partial charge in [0.1, 0.15) is 0 Å². The van der Waals surface area contributed by atoms with Gasteiger partial charge in [-0.05, 0) is 12.1 Å². The maximum atomic E-state index is 4.18. The van der Waals surface area contributed by atoms with Crippen molar-refractivity contribution in [2.75, 3.05) is 0 Å². The zero-order valence-corrected chi connectivity index (χ0v) is 9.53. The van der Waals surface area contributed by atoms with Gasteiger partial charge in [-0.25, -0.2) is 0 Å². The van der Waals surface area contributed by atoms with Gasteiger partial charge < -0.3 is 28.8 Å². The summed E-state index contributed by atoms with van der Waals surface area (Å²) in [5.41, 5.74) is 1.06. The van der Waals surface area contributed by atoms with Crippen LogP contribution in [0.1, 0.15) is 0 Å². The molecule has 0 N–H and O–H groups in total. The van der Waals surface area contributed by atoms with Crippen LogP contribution in [0.25, 0.3) is 10.9 Å². The normalized spacial score (nSPS) is 6.67. The van der Waals surface area contributed by atoms with Crippen LogP contribution in [0.15, 0.2) is 42.6 Å². The Morgan fingerprint density at radius 1 is 0.800 bits per heavy atom. The number of hydrogen-bond donors (Lipinski definition) is 0. The molecule has 1 heterocycles. The van der Waals surface area contributed by atoms with Gasteiger partial charge in [0.25, 0.3) is 0 Å². The van der Waals surface area contributed by atoms with Crippen molar-refractivity contribution in [1.82, 2.24) is 4.98 Å². The van der Waals surface area contributed by atoms with E-state index in [2.05, 4.69) is 17.1 Å². The number of fused-ring (bicyclic) bond motifs is 1. The Hall–Kier alpha value is -0.668. The molecule has 86 valence electrons. The Labute approximate surface area is 105 Å². The molecule has 0 bridgehead atoms. The third-order valence-corrected chi connectivity index (χ3v) is 1.51. The SMILES string of the molecule is [Cl-].[Cr].[O-2].[O-2].[O-2].c1ccc2ncccc2c1. The van der Waals surface area contributed by atoms with E-state index in [1.807, 2.05) is 30.5 Å². The fourth-order valence-corrected chi connectivity index (χ4v) is 1.02. The van der Waals surface area contributed by atoms with E-state index in [-0.39, 0.29) is 46.2 Å². The molecular weight excluding hydrogens is 258 g/mol. The summed E-state index contributed by atoms with van der Waals surface area (Å²) in [6, 6.07) is 12.1. The third-order valence-electron chi connectivity index (χ3n) is 1.51. The molecular formula is C9H7ClCrNO3-7. The summed E-state index contributed by atoms with van der Waals surface area (Å²) in [6.45, 7) is 0. The van der Waals surface area contributed by atoms with Crippen LogP contribution in [0.5, 0.6) is 0 Å². The van der Waals surface area contributed by atoms with E-state index in [1.165, 1.54) is 5.39 Å². The van der Waals surface area contributed by atoms with Crippen molar-refractivity contribution in [3.05, 3.63) is 42.6 Å². The van der Waals surface area contributed by atoms with Crippen LogP contribution in [-0.4, -0.2) is 4.98 Å². The number of halogens is 1. The molecule has 2 rings (SSSR count). The molecule has 15 heavy (non-hydrogen) atoms. The van der Waals surface area contributed by atoms with E-state index in [9.17, 15) is 0 Å². The summed E-state index contributed by atoms with van der Waals surface area (Å²) in [7, 11) is 0. The number of para-hydroxylation sites is 1. The summed E-state index contributed by atoms with van der Waals surface area (Å²) < 4.78 is 0. The van der Waals surface area contributed by atoms with E-state index in [0.717, 1.165) is 5.52 Å². The molecule has 0 saturated carbocycles. The minimum Gasteiger partial charge on any atom is -2.00 e. The first-order valence-electron chi connectivity index (χ1n) is 3.26. The van der Waals surface area contributed by atoms with E-state index in [0.29, 0.717) is 0 Å².